The number of nitrogens with one attached hydrogen (secondary N) is 1. The summed E-state index contributed by atoms with van der Waals surface area (Å²) in [6.45, 7) is 0.349. The number of hydrogen-bond acceptors (Lipinski definition) is 6. The third-order valence-corrected chi connectivity index (χ3v) is 8.52. The fourth-order valence-corrected chi connectivity index (χ4v) is 5.92. The summed E-state index contributed by atoms with van der Waals surface area (Å²) in [5.41, 5.74) is 3.24. The third kappa shape index (κ3) is 8.19. The van der Waals surface area contributed by atoms with Crippen LogP contribution in [0.25, 0.3) is 0 Å². The van der Waals surface area contributed by atoms with Gasteiger partial charge in [-0.3, -0.25) is 9.59 Å². The molecule has 5 aromatic carbocycles. The molecular weight excluding hydrogens is 626 g/mol. The molecule has 3 atom stereocenters. The summed E-state index contributed by atoms with van der Waals surface area (Å²) in [6, 6.07) is 35.6. The maximum Gasteiger partial charge on any atom is 0.417 e. The number of cyclic esters (lactones) is 1. The Labute approximate surface area is 283 Å². The molecule has 5 aromatic rings. The molecule has 1 fully saturated rings. The summed E-state index contributed by atoms with van der Waals surface area (Å²) < 4.78 is 38.9. The first-order valence-electron chi connectivity index (χ1n) is 16.0. The molecule has 248 valence electrons. The normalized spacial score (nSPS) is 15.3. The Morgan fingerprint density at radius 1 is 0.796 bits per heavy atom. The predicted octanol–water partition coefficient (Wildman–Crippen LogP) is 8.70. The van der Waals surface area contributed by atoms with Gasteiger partial charge in [-0.2, -0.15) is 0 Å². The highest BCUT2D eigenvalue weighted by Crippen LogP contribution is 2.37. The van der Waals surface area contributed by atoms with Crippen molar-refractivity contribution in [2.45, 2.75) is 31.5 Å². The monoisotopic (exact) mass is 660 g/mol. The van der Waals surface area contributed by atoms with Crippen molar-refractivity contribution in [2.75, 3.05) is 11.9 Å². The van der Waals surface area contributed by atoms with Crippen molar-refractivity contribution in [3.63, 3.8) is 0 Å². The third-order valence-electron chi connectivity index (χ3n) is 8.52. The molecule has 7 nitrogen and oxygen atoms in total. The number of rotatable bonds is 13. The minimum atomic E-state index is -0.970. The zero-order chi connectivity index (χ0) is 34.2. The van der Waals surface area contributed by atoms with Crippen molar-refractivity contribution >= 4 is 23.5 Å². The van der Waals surface area contributed by atoms with Gasteiger partial charge in [-0.05, 0) is 83.8 Å². The highest BCUT2D eigenvalue weighted by Gasteiger charge is 2.44. The number of ketones is 1. The van der Waals surface area contributed by atoms with Gasteiger partial charge in [0.25, 0.3) is 0 Å². The summed E-state index contributed by atoms with van der Waals surface area (Å²) in [5, 5.41) is 3.38. The number of carbonyl (C=O) groups excluding carboxylic acids is 3. The van der Waals surface area contributed by atoms with Crippen LogP contribution in [0.5, 0.6) is 5.75 Å². The fraction of sp³-hybridized carbons (Fsp3) is 0.175. The van der Waals surface area contributed by atoms with Crippen LogP contribution in [-0.2, 0) is 16.1 Å². The molecule has 1 aliphatic heterocycles. The number of carbonyl (C=O) groups is 3. The van der Waals surface area contributed by atoms with Gasteiger partial charge in [0.05, 0.1) is 12.0 Å². The Bertz CT molecular complexity index is 1870. The van der Waals surface area contributed by atoms with Crippen molar-refractivity contribution in [3.8, 4) is 5.75 Å². The summed E-state index contributed by atoms with van der Waals surface area (Å²) in [4.78, 5) is 42.3. The Morgan fingerprint density at radius 3 is 2.06 bits per heavy atom. The van der Waals surface area contributed by atoms with Gasteiger partial charge in [0.1, 0.15) is 36.6 Å². The minimum Gasteiger partial charge on any atom is -0.489 e. The molecule has 9 heteroatoms. The molecule has 1 N–H and O–H groups in total. The van der Waals surface area contributed by atoms with Gasteiger partial charge in [0, 0.05) is 17.7 Å². The van der Waals surface area contributed by atoms with E-state index in [-0.39, 0.29) is 25.2 Å². The van der Waals surface area contributed by atoms with Gasteiger partial charge < -0.3 is 14.8 Å². The van der Waals surface area contributed by atoms with Crippen molar-refractivity contribution in [2.24, 2.45) is 5.92 Å². The lowest BCUT2D eigenvalue weighted by atomic mass is 9.86. The van der Waals surface area contributed by atoms with Gasteiger partial charge in [-0.25, -0.2) is 18.5 Å². The molecule has 0 spiro atoms. The van der Waals surface area contributed by atoms with Gasteiger partial charge in [0.2, 0.25) is 5.91 Å². The van der Waals surface area contributed by atoms with E-state index >= 15 is 0 Å². The van der Waals surface area contributed by atoms with Crippen LogP contribution in [0.3, 0.4) is 0 Å². The first kappa shape index (κ1) is 33.1. The van der Waals surface area contributed by atoms with E-state index in [9.17, 15) is 23.2 Å². The summed E-state index contributed by atoms with van der Waals surface area (Å²) in [6.07, 6.45) is -0.814. The molecule has 0 bridgehead atoms. The van der Waals surface area contributed by atoms with Gasteiger partial charge in [0.15, 0.2) is 5.78 Å². The SMILES string of the molecule is O=C(CC[C@H](C(=O)N1C(=O)OC[C@@H]1c1ccccc1)[C@@H](Nc1ccc(F)cc1)c1ccc(OCc2ccccc2)cc1)c1ccc(F)cc1. The van der Waals surface area contributed by atoms with Gasteiger partial charge in [-0.1, -0.05) is 72.8 Å². The Kier molecular flexibility index (Phi) is 10.4. The maximum absolute atomic E-state index is 14.7. The topological polar surface area (TPSA) is 84.9 Å². The lowest BCUT2D eigenvalue weighted by Gasteiger charge is -2.32. The summed E-state index contributed by atoms with van der Waals surface area (Å²) >= 11 is 0. The Hall–Kier alpha value is -5.83. The Morgan fingerprint density at radius 2 is 1.41 bits per heavy atom. The first-order chi connectivity index (χ1) is 23.9. The maximum atomic E-state index is 14.7. The standard InChI is InChI=1S/C40H34F2N2O5/c41-31-15-11-29(12-16-31)37(45)24-23-35(39(46)44-36(26-49-40(44)47)28-9-5-2-6-10-28)38(43-33-19-17-32(42)18-20-33)30-13-21-34(22-14-30)48-25-27-7-3-1-4-8-27/h1-22,35-36,38,43H,23-26H2/t35-,36+,38-/m0/s1. The number of imide groups is 1. The molecule has 0 aromatic heterocycles. The van der Waals surface area contributed by atoms with E-state index in [0.717, 1.165) is 16.0 Å². The number of ether oxygens (including phenoxy) is 2. The molecule has 1 heterocycles. The van der Waals surface area contributed by atoms with E-state index in [1.54, 1.807) is 24.3 Å². The number of nitrogens with zero attached hydrogens (tertiary/aromatic N) is 1. The quantitative estimate of drug-likeness (QED) is 0.127. The number of benzene rings is 5. The largest absolute Gasteiger partial charge is 0.489 e. The Balaban J connectivity index is 1.35. The van der Waals surface area contributed by atoms with Crippen LogP contribution >= 0.6 is 0 Å². The van der Waals surface area contributed by atoms with Crippen molar-refractivity contribution in [1.82, 2.24) is 4.90 Å². The highest BCUT2D eigenvalue weighted by molar-refractivity contribution is 5.98. The van der Waals surface area contributed by atoms with Crippen molar-refractivity contribution < 1.29 is 32.6 Å². The van der Waals surface area contributed by atoms with Crippen LogP contribution < -0.4 is 10.1 Å². The van der Waals surface area contributed by atoms with E-state index in [0.29, 0.717) is 29.2 Å². The minimum absolute atomic E-state index is 0.0146. The van der Waals surface area contributed by atoms with Crippen molar-refractivity contribution in [1.29, 1.82) is 0 Å². The molecule has 49 heavy (non-hydrogen) atoms. The summed E-state index contributed by atoms with van der Waals surface area (Å²) in [7, 11) is 0. The number of halogens is 2. The molecular formula is C40H34F2N2O5. The fourth-order valence-electron chi connectivity index (χ4n) is 5.92. The molecule has 0 unspecified atom stereocenters. The molecule has 1 saturated heterocycles. The molecule has 0 aliphatic carbocycles. The van der Waals surface area contributed by atoms with Crippen LogP contribution in [0.15, 0.2) is 133 Å². The van der Waals surface area contributed by atoms with Crippen LogP contribution in [-0.4, -0.2) is 29.3 Å². The average molecular weight is 661 g/mol. The smallest absolute Gasteiger partial charge is 0.417 e. The number of hydrogen-bond donors (Lipinski definition) is 1. The second kappa shape index (κ2) is 15.4. The van der Waals surface area contributed by atoms with Crippen LogP contribution in [0.2, 0.25) is 0 Å². The molecule has 2 amide bonds. The average Bonchev–Trinajstić information content (AvgIpc) is 3.53. The van der Waals surface area contributed by atoms with E-state index in [1.807, 2.05) is 72.8 Å². The van der Waals surface area contributed by atoms with E-state index in [4.69, 9.17) is 9.47 Å². The first-order valence-corrected chi connectivity index (χ1v) is 16.0. The van der Waals surface area contributed by atoms with E-state index in [1.165, 1.54) is 36.4 Å². The number of amides is 2. The van der Waals surface area contributed by atoms with Crippen molar-refractivity contribution in [3.05, 3.63) is 167 Å². The van der Waals surface area contributed by atoms with E-state index < -0.39 is 41.6 Å². The number of anilines is 1. The molecule has 0 saturated carbocycles. The zero-order valence-electron chi connectivity index (χ0n) is 26.5. The van der Waals surface area contributed by atoms with Crippen LogP contribution in [0.4, 0.5) is 19.3 Å². The zero-order valence-corrected chi connectivity index (χ0v) is 26.5. The second-order valence-electron chi connectivity index (χ2n) is 11.8. The molecule has 6 rings (SSSR count). The molecule has 0 radical (unpaired) electrons. The number of Topliss-reactive ketones (excluding diaryl/α,β-unsaturated/α-hetero) is 1. The lowest BCUT2D eigenvalue weighted by Crippen LogP contribution is -2.42. The lowest BCUT2D eigenvalue weighted by molar-refractivity contribution is -0.134. The van der Waals surface area contributed by atoms with Crippen LogP contribution in [0, 0.1) is 17.6 Å². The van der Waals surface area contributed by atoms with E-state index in [2.05, 4.69) is 5.32 Å². The second-order valence-corrected chi connectivity index (χ2v) is 11.8. The molecule has 1 aliphatic rings. The van der Waals surface area contributed by atoms with Crippen LogP contribution in [0.1, 0.15) is 52.0 Å². The van der Waals surface area contributed by atoms with Gasteiger partial charge >= 0.3 is 6.09 Å². The predicted molar refractivity (Wildman–Crippen MR) is 181 cm³/mol. The summed E-state index contributed by atoms with van der Waals surface area (Å²) in [5.74, 6) is -2.08. The van der Waals surface area contributed by atoms with Gasteiger partial charge in [-0.15, -0.1) is 0 Å². The highest BCUT2D eigenvalue weighted by atomic mass is 19.1.